The second kappa shape index (κ2) is 7.17. The summed E-state index contributed by atoms with van der Waals surface area (Å²) in [6.45, 7) is 3.77. The van der Waals surface area contributed by atoms with E-state index in [-0.39, 0.29) is 5.91 Å². The second-order valence-corrected chi connectivity index (χ2v) is 5.07. The Bertz CT molecular complexity index is 581. The van der Waals surface area contributed by atoms with Gasteiger partial charge in [-0.05, 0) is 42.6 Å². The lowest BCUT2D eigenvalue weighted by molar-refractivity contribution is 0.0992. The van der Waals surface area contributed by atoms with Crippen LogP contribution in [0.1, 0.15) is 23.0 Å². The lowest BCUT2D eigenvalue weighted by Crippen LogP contribution is -2.13. The van der Waals surface area contributed by atoms with Gasteiger partial charge in [0.25, 0.3) is 5.91 Å². The van der Waals surface area contributed by atoms with Gasteiger partial charge in [0.1, 0.15) is 0 Å². The van der Waals surface area contributed by atoms with Gasteiger partial charge in [0.15, 0.2) is 10.9 Å². The average Bonchev–Trinajstić information content (AvgIpc) is 2.94. The first-order valence-electron chi connectivity index (χ1n) is 6.47. The number of thioether (sulfide) groups is 1. The second-order valence-electron chi connectivity index (χ2n) is 4.26. The van der Waals surface area contributed by atoms with Crippen LogP contribution in [-0.4, -0.2) is 18.7 Å². The topological polar surface area (TPSA) is 54.3 Å². The molecule has 0 aliphatic carbocycles. The third-order valence-electron chi connectivity index (χ3n) is 2.77. The van der Waals surface area contributed by atoms with E-state index in [0.29, 0.717) is 5.76 Å². The summed E-state index contributed by atoms with van der Waals surface area (Å²) >= 11 is 1.47. The first-order valence-corrected chi connectivity index (χ1v) is 7.70. The summed E-state index contributed by atoms with van der Waals surface area (Å²) in [5.41, 5.74) is 1.90. The average molecular weight is 290 g/mol. The van der Waals surface area contributed by atoms with Crippen molar-refractivity contribution in [1.82, 2.24) is 5.32 Å². The van der Waals surface area contributed by atoms with Gasteiger partial charge in [0, 0.05) is 12.2 Å². The highest BCUT2D eigenvalue weighted by Gasteiger charge is 2.11. The highest BCUT2D eigenvalue weighted by Crippen LogP contribution is 2.19. The molecule has 0 atom stereocenters. The molecular weight excluding hydrogens is 272 g/mol. The predicted molar refractivity (Wildman–Crippen MR) is 82.3 cm³/mol. The molecule has 106 valence electrons. The van der Waals surface area contributed by atoms with E-state index in [9.17, 15) is 4.79 Å². The normalized spacial score (nSPS) is 10.5. The monoisotopic (exact) mass is 290 g/mol. The standard InChI is InChI=1S/C15H18N2O2S/c1-3-16-10-11-5-4-6-12(9-11)17-15(18)13-7-8-14(19-13)20-2/h4-9,16H,3,10H2,1-2H3,(H,17,18). The number of hydrogen-bond donors (Lipinski definition) is 2. The lowest BCUT2D eigenvalue weighted by atomic mass is 10.2. The minimum Gasteiger partial charge on any atom is -0.445 e. The van der Waals surface area contributed by atoms with Crippen LogP contribution >= 0.6 is 11.8 Å². The molecule has 2 N–H and O–H groups in total. The Hall–Kier alpha value is -1.72. The molecule has 0 spiro atoms. The molecule has 0 saturated heterocycles. The zero-order chi connectivity index (χ0) is 14.4. The molecule has 0 aliphatic heterocycles. The van der Waals surface area contributed by atoms with Gasteiger partial charge in [0.2, 0.25) is 0 Å². The summed E-state index contributed by atoms with van der Waals surface area (Å²) < 4.78 is 5.40. The summed E-state index contributed by atoms with van der Waals surface area (Å²) in [7, 11) is 0. The van der Waals surface area contributed by atoms with Gasteiger partial charge in [-0.2, -0.15) is 0 Å². The fraction of sp³-hybridized carbons (Fsp3) is 0.267. The SMILES string of the molecule is CCNCc1cccc(NC(=O)c2ccc(SC)o2)c1. The molecular formula is C15H18N2O2S. The summed E-state index contributed by atoms with van der Waals surface area (Å²) in [5, 5.41) is 6.83. The van der Waals surface area contributed by atoms with E-state index in [1.807, 2.05) is 30.5 Å². The van der Waals surface area contributed by atoms with Gasteiger partial charge in [-0.3, -0.25) is 4.79 Å². The number of rotatable bonds is 6. The van der Waals surface area contributed by atoms with Crippen LogP contribution in [-0.2, 0) is 6.54 Å². The summed E-state index contributed by atoms with van der Waals surface area (Å²) in [6.07, 6.45) is 1.91. The number of benzene rings is 1. The van der Waals surface area contributed by atoms with Crippen molar-refractivity contribution in [3.63, 3.8) is 0 Å². The first kappa shape index (κ1) is 14.7. The number of carbonyl (C=O) groups is 1. The van der Waals surface area contributed by atoms with Crippen LogP contribution in [0.2, 0.25) is 0 Å². The number of amides is 1. The van der Waals surface area contributed by atoms with Gasteiger partial charge < -0.3 is 15.1 Å². The number of nitrogens with one attached hydrogen (secondary N) is 2. The van der Waals surface area contributed by atoms with Crippen molar-refractivity contribution in [3.05, 3.63) is 47.7 Å². The van der Waals surface area contributed by atoms with Crippen LogP contribution in [0.3, 0.4) is 0 Å². The third kappa shape index (κ3) is 3.88. The van der Waals surface area contributed by atoms with Crippen molar-refractivity contribution >= 4 is 23.4 Å². The molecule has 4 nitrogen and oxygen atoms in total. The molecule has 1 aromatic heterocycles. The Morgan fingerprint density at radius 2 is 2.15 bits per heavy atom. The maximum Gasteiger partial charge on any atom is 0.291 e. The zero-order valence-electron chi connectivity index (χ0n) is 11.6. The summed E-state index contributed by atoms with van der Waals surface area (Å²) in [4.78, 5) is 12.0. The van der Waals surface area contributed by atoms with Crippen molar-refractivity contribution in [3.8, 4) is 0 Å². The van der Waals surface area contributed by atoms with E-state index in [2.05, 4.69) is 17.6 Å². The summed E-state index contributed by atoms with van der Waals surface area (Å²) in [5.74, 6) is 0.0948. The zero-order valence-corrected chi connectivity index (χ0v) is 12.4. The molecule has 20 heavy (non-hydrogen) atoms. The third-order valence-corrected chi connectivity index (χ3v) is 3.39. The number of anilines is 1. The molecule has 2 aromatic rings. The predicted octanol–water partition coefficient (Wildman–Crippen LogP) is 3.36. The minimum atomic E-state index is -0.231. The van der Waals surface area contributed by atoms with Crippen molar-refractivity contribution in [2.75, 3.05) is 18.1 Å². The van der Waals surface area contributed by atoms with Crippen LogP contribution in [0.15, 0.2) is 45.9 Å². The van der Waals surface area contributed by atoms with E-state index in [4.69, 9.17) is 4.42 Å². The van der Waals surface area contributed by atoms with E-state index in [1.165, 1.54) is 11.8 Å². The van der Waals surface area contributed by atoms with Crippen LogP contribution in [0.25, 0.3) is 0 Å². The number of furan rings is 1. The van der Waals surface area contributed by atoms with Gasteiger partial charge in [-0.25, -0.2) is 0 Å². The molecule has 0 radical (unpaired) electrons. The maximum atomic E-state index is 12.0. The fourth-order valence-corrected chi connectivity index (χ4v) is 2.15. The molecule has 1 aromatic carbocycles. The van der Waals surface area contributed by atoms with E-state index >= 15 is 0 Å². The lowest BCUT2D eigenvalue weighted by Gasteiger charge is -2.06. The molecule has 0 aliphatic rings. The Morgan fingerprint density at radius 1 is 1.30 bits per heavy atom. The Morgan fingerprint density at radius 3 is 2.85 bits per heavy atom. The summed E-state index contributed by atoms with van der Waals surface area (Å²) in [6, 6.07) is 11.3. The molecule has 0 fully saturated rings. The van der Waals surface area contributed by atoms with Crippen LogP contribution in [0.4, 0.5) is 5.69 Å². The van der Waals surface area contributed by atoms with Crippen LogP contribution in [0.5, 0.6) is 0 Å². The van der Waals surface area contributed by atoms with Gasteiger partial charge in [-0.15, -0.1) is 0 Å². The van der Waals surface area contributed by atoms with Crippen molar-refractivity contribution in [2.45, 2.75) is 18.6 Å². The molecule has 0 bridgehead atoms. The van der Waals surface area contributed by atoms with Crippen molar-refractivity contribution in [2.24, 2.45) is 0 Å². The van der Waals surface area contributed by atoms with Gasteiger partial charge in [0.05, 0.1) is 0 Å². The highest BCUT2D eigenvalue weighted by molar-refractivity contribution is 7.98. The molecule has 1 amide bonds. The largest absolute Gasteiger partial charge is 0.445 e. The van der Waals surface area contributed by atoms with Crippen LogP contribution in [0, 0.1) is 0 Å². The van der Waals surface area contributed by atoms with Gasteiger partial charge >= 0.3 is 0 Å². The van der Waals surface area contributed by atoms with Crippen molar-refractivity contribution < 1.29 is 9.21 Å². The van der Waals surface area contributed by atoms with E-state index < -0.39 is 0 Å². The van der Waals surface area contributed by atoms with E-state index in [0.717, 1.165) is 29.4 Å². The first-order chi connectivity index (χ1) is 9.72. The van der Waals surface area contributed by atoms with Crippen molar-refractivity contribution in [1.29, 1.82) is 0 Å². The molecule has 0 saturated carbocycles. The smallest absolute Gasteiger partial charge is 0.291 e. The Kier molecular flexibility index (Phi) is 5.26. The Labute approximate surface area is 122 Å². The molecule has 1 heterocycles. The van der Waals surface area contributed by atoms with Gasteiger partial charge in [-0.1, -0.05) is 30.8 Å². The highest BCUT2D eigenvalue weighted by atomic mass is 32.2. The van der Waals surface area contributed by atoms with E-state index in [1.54, 1.807) is 12.1 Å². The molecule has 2 rings (SSSR count). The van der Waals surface area contributed by atoms with Crippen LogP contribution < -0.4 is 10.6 Å². The maximum absolute atomic E-state index is 12.0. The number of hydrogen-bond acceptors (Lipinski definition) is 4. The molecule has 0 unspecified atom stereocenters. The quantitative estimate of drug-likeness (QED) is 0.801. The molecule has 5 heteroatoms. The number of carbonyl (C=O) groups excluding carboxylic acids is 1. The minimum absolute atomic E-state index is 0.231. The Balaban J connectivity index is 2.03. The fourth-order valence-electron chi connectivity index (χ4n) is 1.77.